The predicted molar refractivity (Wildman–Crippen MR) is 65.3 cm³/mol. The highest BCUT2D eigenvalue weighted by Crippen LogP contribution is 2.12. The van der Waals surface area contributed by atoms with Crippen molar-refractivity contribution in [2.75, 3.05) is 17.6 Å². The Kier molecular flexibility index (Phi) is 4.57. The van der Waals surface area contributed by atoms with Crippen LogP contribution in [0.4, 0.5) is 16.3 Å². The van der Waals surface area contributed by atoms with Gasteiger partial charge in [-0.2, -0.15) is 0 Å². The van der Waals surface area contributed by atoms with Crippen LogP contribution in [0.15, 0.2) is 12.3 Å². The Balaban J connectivity index is 2.46. The quantitative estimate of drug-likeness (QED) is 0.680. The molecule has 5 heteroatoms. The van der Waals surface area contributed by atoms with E-state index in [-0.39, 0.29) is 6.03 Å². The monoisotopic (exact) mass is 222 g/mol. The van der Waals surface area contributed by atoms with Crippen molar-refractivity contribution in [2.45, 2.75) is 26.7 Å². The number of rotatable bonds is 4. The summed E-state index contributed by atoms with van der Waals surface area (Å²) in [4.78, 5) is 15.4. The number of nitrogens with two attached hydrogens (primary N) is 1. The maximum Gasteiger partial charge on any atom is 0.320 e. The second-order valence-corrected chi connectivity index (χ2v) is 3.66. The molecule has 1 aromatic rings. The number of anilines is 2. The molecule has 0 spiro atoms. The Morgan fingerprint density at radius 1 is 1.56 bits per heavy atom. The number of carbonyl (C=O) groups is 1. The van der Waals surface area contributed by atoms with Gasteiger partial charge < -0.3 is 11.1 Å². The Labute approximate surface area is 95.4 Å². The number of hydrogen-bond donors (Lipinski definition) is 3. The van der Waals surface area contributed by atoms with Gasteiger partial charge in [-0.05, 0) is 25.0 Å². The van der Waals surface area contributed by atoms with E-state index >= 15 is 0 Å². The fraction of sp³-hybridized carbons (Fsp3) is 0.455. The molecule has 5 nitrogen and oxygen atoms in total. The summed E-state index contributed by atoms with van der Waals surface area (Å²) in [5, 5.41) is 5.40. The summed E-state index contributed by atoms with van der Waals surface area (Å²) >= 11 is 0. The molecule has 0 unspecified atom stereocenters. The predicted octanol–water partition coefficient (Wildman–Crippen LogP) is 1.89. The van der Waals surface area contributed by atoms with E-state index in [4.69, 9.17) is 5.73 Å². The average Bonchev–Trinajstić information content (AvgIpc) is 2.24. The highest BCUT2D eigenvalue weighted by atomic mass is 16.2. The van der Waals surface area contributed by atoms with Crippen LogP contribution >= 0.6 is 0 Å². The number of carbonyl (C=O) groups excluding carboxylic acids is 1. The van der Waals surface area contributed by atoms with Crippen LogP contribution in [0.2, 0.25) is 0 Å². The van der Waals surface area contributed by atoms with Gasteiger partial charge in [-0.25, -0.2) is 9.78 Å². The van der Waals surface area contributed by atoms with Gasteiger partial charge in [0.1, 0.15) is 5.82 Å². The van der Waals surface area contributed by atoms with Gasteiger partial charge >= 0.3 is 6.03 Å². The topological polar surface area (TPSA) is 80.0 Å². The van der Waals surface area contributed by atoms with Crippen LogP contribution in [0.5, 0.6) is 0 Å². The highest BCUT2D eigenvalue weighted by molar-refractivity contribution is 5.88. The molecular weight excluding hydrogens is 204 g/mol. The molecule has 0 bridgehead atoms. The van der Waals surface area contributed by atoms with Crippen LogP contribution in [-0.2, 0) is 0 Å². The smallest absolute Gasteiger partial charge is 0.320 e. The van der Waals surface area contributed by atoms with E-state index in [0.717, 1.165) is 18.4 Å². The van der Waals surface area contributed by atoms with Gasteiger partial charge in [0, 0.05) is 6.54 Å². The number of unbranched alkanes of at least 4 members (excludes halogenated alkanes) is 1. The number of nitrogens with one attached hydrogen (secondary N) is 2. The first kappa shape index (κ1) is 12.3. The van der Waals surface area contributed by atoms with E-state index < -0.39 is 0 Å². The van der Waals surface area contributed by atoms with Crippen molar-refractivity contribution in [3.8, 4) is 0 Å². The Bertz CT molecular complexity index is 365. The average molecular weight is 222 g/mol. The number of aryl methyl sites for hydroxylation is 1. The lowest BCUT2D eigenvalue weighted by atomic mass is 10.2. The van der Waals surface area contributed by atoms with E-state index in [9.17, 15) is 4.79 Å². The van der Waals surface area contributed by atoms with Gasteiger partial charge in [0.15, 0.2) is 0 Å². The van der Waals surface area contributed by atoms with Crippen molar-refractivity contribution in [1.29, 1.82) is 0 Å². The van der Waals surface area contributed by atoms with E-state index in [1.807, 2.05) is 6.92 Å². The summed E-state index contributed by atoms with van der Waals surface area (Å²) in [5.74, 6) is 0.515. The molecule has 0 aliphatic carbocycles. The third-order valence-electron chi connectivity index (χ3n) is 2.21. The molecule has 0 saturated carbocycles. The molecule has 0 aliphatic rings. The zero-order chi connectivity index (χ0) is 12.0. The van der Waals surface area contributed by atoms with Crippen LogP contribution in [0.25, 0.3) is 0 Å². The van der Waals surface area contributed by atoms with Gasteiger partial charge in [0.2, 0.25) is 0 Å². The molecule has 4 N–H and O–H groups in total. The maximum atomic E-state index is 11.4. The second-order valence-electron chi connectivity index (χ2n) is 3.66. The number of urea groups is 1. The first-order valence-electron chi connectivity index (χ1n) is 5.40. The Morgan fingerprint density at radius 3 is 2.94 bits per heavy atom. The molecule has 2 amide bonds. The maximum absolute atomic E-state index is 11.4. The minimum absolute atomic E-state index is 0.231. The molecule has 0 aromatic carbocycles. The van der Waals surface area contributed by atoms with Crippen LogP contribution in [0.1, 0.15) is 25.3 Å². The number of hydrogen-bond acceptors (Lipinski definition) is 3. The van der Waals surface area contributed by atoms with Gasteiger partial charge in [-0.15, -0.1) is 0 Å². The minimum atomic E-state index is -0.231. The molecule has 1 rings (SSSR count). The lowest BCUT2D eigenvalue weighted by molar-refractivity contribution is 0.252. The van der Waals surface area contributed by atoms with Gasteiger partial charge in [-0.1, -0.05) is 13.3 Å². The number of nitrogen functional groups attached to an aromatic ring is 1. The summed E-state index contributed by atoms with van der Waals surface area (Å²) in [6.07, 6.45) is 3.57. The van der Waals surface area contributed by atoms with Gasteiger partial charge in [0.25, 0.3) is 0 Å². The van der Waals surface area contributed by atoms with E-state index in [1.165, 1.54) is 6.20 Å². The van der Waals surface area contributed by atoms with Crippen LogP contribution in [-0.4, -0.2) is 17.6 Å². The Hall–Kier alpha value is -1.78. The fourth-order valence-corrected chi connectivity index (χ4v) is 1.17. The number of amides is 2. The summed E-state index contributed by atoms with van der Waals surface area (Å²) in [5.41, 5.74) is 7.15. The van der Waals surface area contributed by atoms with Crippen LogP contribution in [0, 0.1) is 6.92 Å². The van der Waals surface area contributed by atoms with Crippen LogP contribution in [0.3, 0.4) is 0 Å². The third kappa shape index (κ3) is 3.76. The summed E-state index contributed by atoms with van der Waals surface area (Å²) in [7, 11) is 0. The molecule has 0 saturated heterocycles. The third-order valence-corrected chi connectivity index (χ3v) is 2.21. The first-order chi connectivity index (χ1) is 7.63. The zero-order valence-electron chi connectivity index (χ0n) is 9.71. The van der Waals surface area contributed by atoms with Crippen molar-refractivity contribution in [3.63, 3.8) is 0 Å². The molecule has 0 radical (unpaired) electrons. The molecular formula is C11H18N4O. The lowest BCUT2D eigenvalue weighted by Gasteiger charge is -2.07. The molecule has 0 fully saturated rings. The first-order valence-corrected chi connectivity index (χ1v) is 5.40. The summed E-state index contributed by atoms with van der Waals surface area (Å²) in [6, 6.07) is 1.51. The van der Waals surface area contributed by atoms with Crippen molar-refractivity contribution in [1.82, 2.24) is 10.3 Å². The Morgan fingerprint density at radius 2 is 2.31 bits per heavy atom. The fourth-order valence-electron chi connectivity index (χ4n) is 1.17. The molecule has 88 valence electrons. The largest absolute Gasteiger partial charge is 0.397 e. The van der Waals surface area contributed by atoms with Crippen molar-refractivity contribution in [2.24, 2.45) is 0 Å². The zero-order valence-corrected chi connectivity index (χ0v) is 9.71. The number of nitrogens with zero attached hydrogens (tertiary/aromatic N) is 1. The number of aromatic nitrogens is 1. The molecule has 1 aromatic heterocycles. The molecule has 1 heterocycles. The van der Waals surface area contributed by atoms with E-state index in [2.05, 4.69) is 22.5 Å². The number of pyridine rings is 1. The highest BCUT2D eigenvalue weighted by Gasteiger charge is 2.02. The minimum Gasteiger partial charge on any atom is -0.397 e. The lowest BCUT2D eigenvalue weighted by Crippen LogP contribution is -2.29. The van der Waals surface area contributed by atoms with E-state index in [0.29, 0.717) is 18.1 Å². The van der Waals surface area contributed by atoms with Gasteiger partial charge in [0.05, 0.1) is 11.9 Å². The summed E-state index contributed by atoms with van der Waals surface area (Å²) in [6.45, 7) is 4.62. The van der Waals surface area contributed by atoms with Crippen molar-refractivity contribution in [3.05, 3.63) is 17.8 Å². The standard InChI is InChI=1S/C11H18N4O/c1-3-4-5-13-11(16)15-10-6-8(2)9(12)7-14-10/h6-7H,3-5,12H2,1-2H3,(H2,13,14,15,16). The SMILES string of the molecule is CCCCNC(=O)Nc1cc(C)c(N)cn1. The van der Waals surface area contributed by atoms with E-state index in [1.54, 1.807) is 6.07 Å². The van der Waals surface area contributed by atoms with Crippen molar-refractivity contribution < 1.29 is 4.79 Å². The second kappa shape index (κ2) is 5.95. The van der Waals surface area contributed by atoms with Crippen molar-refractivity contribution >= 4 is 17.5 Å². The summed E-state index contributed by atoms with van der Waals surface area (Å²) < 4.78 is 0. The molecule has 0 atom stereocenters. The molecule has 16 heavy (non-hydrogen) atoms. The normalized spacial score (nSPS) is 9.88. The molecule has 0 aliphatic heterocycles. The van der Waals surface area contributed by atoms with Crippen LogP contribution < -0.4 is 16.4 Å². The van der Waals surface area contributed by atoms with Gasteiger partial charge in [-0.3, -0.25) is 5.32 Å².